The molecule has 304 valence electrons. The van der Waals surface area contributed by atoms with Crippen LogP contribution in [0, 0.1) is 0 Å². The van der Waals surface area contributed by atoms with Gasteiger partial charge in [-0.3, -0.25) is 14.1 Å². The smallest absolute Gasteiger partial charge is 0.462 e. The second-order valence-electron chi connectivity index (χ2n) is 12.8. The summed E-state index contributed by atoms with van der Waals surface area (Å²) in [6.45, 7) is 3.39. The van der Waals surface area contributed by atoms with Gasteiger partial charge in [-0.15, -0.1) is 0 Å². The molecule has 0 bridgehead atoms. The average Bonchev–Trinajstić information content (AvgIpc) is 3.14. The Morgan fingerprint density at radius 2 is 0.833 bits per heavy atom. The van der Waals surface area contributed by atoms with E-state index < -0.39 is 32.5 Å². The highest BCUT2D eigenvalue weighted by Gasteiger charge is 2.22. The zero-order valence-corrected chi connectivity index (χ0v) is 34.2. The van der Waals surface area contributed by atoms with Crippen molar-refractivity contribution < 1.29 is 37.9 Å². The van der Waals surface area contributed by atoms with Crippen molar-refractivity contribution in [2.24, 2.45) is 0 Å². The van der Waals surface area contributed by atoms with Gasteiger partial charge < -0.3 is 19.3 Å². The number of rotatable bonds is 35. The zero-order chi connectivity index (χ0) is 39.6. The third-order valence-corrected chi connectivity index (χ3v) is 8.27. The second-order valence-corrected chi connectivity index (χ2v) is 14.1. The zero-order valence-electron chi connectivity index (χ0n) is 33.3. The molecule has 0 fully saturated rings. The average molecular weight is 771 g/mol. The molecule has 0 saturated carbocycles. The maximum Gasteiger partial charge on any atom is 0.469 e. The predicted octanol–water partition coefficient (Wildman–Crippen LogP) is 12.4. The molecule has 0 radical (unpaired) electrons. The number of esters is 2. The highest BCUT2D eigenvalue weighted by molar-refractivity contribution is 7.46. The summed E-state index contributed by atoms with van der Waals surface area (Å²) in [4.78, 5) is 42.8. The number of phosphoric ester groups is 1. The van der Waals surface area contributed by atoms with Crippen LogP contribution in [0.25, 0.3) is 0 Å². The summed E-state index contributed by atoms with van der Waals surface area (Å²) in [6, 6.07) is 0. The lowest BCUT2D eigenvalue weighted by atomic mass is 10.1. The van der Waals surface area contributed by atoms with Crippen molar-refractivity contribution in [3.63, 3.8) is 0 Å². The van der Waals surface area contributed by atoms with E-state index in [-0.39, 0.29) is 19.4 Å². The first-order valence-corrected chi connectivity index (χ1v) is 21.7. The Bertz CT molecular complexity index is 1230. The van der Waals surface area contributed by atoms with Crippen molar-refractivity contribution in [1.29, 1.82) is 0 Å². The van der Waals surface area contributed by atoms with Gasteiger partial charge in [0.15, 0.2) is 6.10 Å². The van der Waals surface area contributed by atoms with Crippen molar-refractivity contribution in [3.05, 3.63) is 109 Å². The van der Waals surface area contributed by atoms with Crippen molar-refractivity contribution in [2.75, 3.05) is 13.2 Å². The molecule has 9 heteroatoms. The second kappa shape index (κ2) is 39.4. The summed E-state index contributed by atoms with van der Waals surface area (Å²) in [5.74, 6) is -0.963. The molecule has 0 aliphatic carbocycles. The SMILES string of the molecule is CC/C=C\C/C=C\C/C=C\C/C=C\C/C=C\CCCCCC(=O)OC[C@H](COP(=O)(O)O)OC(=O)CCCCCC/C=C\C/C=C\C/C=C\C/C=C\CC. The Hall–Kier alpha value is -3.29. The quantitative estimate of drug-likeness (QED) is 0.0283. The standard InChI is InChI=1S/C45H71O8P/c1-3-5-7-9-11-13-15-17-19-21-22-24-25-27-29-31-33-35-37-39-44(46)51-41-43(42-52-54(48,49)50)53-45(47)40-38-36-34-32-30-28-26-23-20-18-16-14-12-10-8-6-4-2/h5-8,11-14,17-20,22,24,26-29,43H,3-4,9-10,15-16,21,23,25,30-42H2,1-2H3,(H2,48,49,50)/b7-5-,8-6-,13-11-,14-12-,19-17-,20-18-,24-22-,28-26-,29-27-/t43-/m1/s1. The van der Waals surface area contributed by atoms with Gasteiger partial charge in [-0.05, 0) is 96.3 Å². The van der Waals surface area contributed by atoms with Gasteiger partial charge in [0.25, 0.3) is 0 Å². The molecule has 0 spiro atoms. The monoisotopic (exact) mass is 770 g/mol. The molecule has 0 heterocycles. The van der Waals surface area contributed by atoms with E-state index in [4.69, 9.17) is 19.3 Å². The lowest BCUT2D eigenvalue weighted by Gasteiger charge is -2.18. The molecule has 54 heavy (non-hydrogen) atoms. The highest BCUT2D eigenvalue weighted by atomic mass is 31.2. The lowest BCUT2D eigenvalue weighted by molar-refractivity contribution is -0.161. The molecule has 2 N–H and O–H groups in total. The summed E-state index contributed by atoms with van der Waals surface area (Å²) in [5.41, 5.74) is 0. The van der Waals surface area contributed by atoms with Gasteiger partial charge in [0.1, 0.15) is 6.61 Å². The molecule has 0 rings (SSSR count). The van der Waals surface area contributed by atoms with Crippen LogP contribution in [0.2, 0.25) is 0 Å². The van der Waals surface area contributed by atoms with Crippen LogP contribution in [0.1, 0.15) is 142 Å². The van der Waals surface area contributed by atoms with Gasteiger partial charge in [-0.2, -0.15) is 0 Å². The van der Waals surface area contributed by atoms with Crippen molar-refractivity contribution in [2.45, 2.75) is 148 Å². The minimum atomic E-state index is -4.78. The van der Waals surface area contributed by atoms with E-state index in [2.05, 4.69) is 128 Å². The first kappa shape index (κ1) is 50.7. The minimum Gasteiger partial charge on any atom is -0.462 e. The molecule has 8 nitrogen and oxygen atoms in total. The minimum absolute atomic E-state index is 0.169. The van der Waals surface area contributed by atoms with Crippen molar-refractivity contribution >= 4 is 19.8 Å². The fourth-order valence-corrected chi connectivity index (χ4v) is 5.22. The van der Waals surface area contributed by atoms with Crippen LogP contribution in [0.4, 0.5) is 0 Å². The largest absolute Gasteiger partial charge is 0.469 e. The van der Waals surface area contributed by atoms with Crippen LogP contribution in [0.3, 0.4) is 0 Å². The Labute approximate surface area is 327 Å². The summed E-state index contributed by atoms with van der Waals surface area (Å²) in [6.07, 6.45) is 55.2. The summed E-state index contributed by atoms with van der Waals surface area (Å²) < 4.78 is 26.3. The number of carbonyl (C=O) groups is 2. The number of hydrogen-bond acceptors (Lipinski definition) is 6. The van der Waals surface area contributed by atoms with Gasteiger partial charge in [0, 0.05) is 12.8 Å². The Balaban J connectivity index is 4.09. The van der Waals surface area contributed by atoms with Crippen LogP contribution in [-0.2, 0) is 28.2 Å². The van der Waals surface area contributed by atoms with E-state index in [0.717, 1.165) is 103 Å². The van der Waals surface area contributed by atoms with E-state index >= 15 is 0 Å². The highest BCUT2D eigenvalue weighted by Crippen LogP contribution is 2.36. The number of hydrogen-bond donors (Lipinski definition) is 2. The Morgan fingerprint density at radius 1 is 0.481 bits per heavy atom. The Morgan fingerprint density at radius 3 is 1.24 bits per heavy atom. The van der Waals surface area contributed by atoms with Gasteiger partial charge >= 0.3 is 19.8 Å². The van der Waals surface area contributed by atoms with Crippen LogP contribution in [0.15, 0.2) is 109 Å². The molecular formula is C45H71O8P. The molecule has 0 unspecified atom stereocenters. The number of ether oxygens (including phenoxy) is 2. The number of carbonyl (C=O) groups excluding carboxylic acids is 2. The van der Waals surface area contributed by atoms with Crippen molar-refractivity contribution in [1.82, 2.24) is 0 Å². The van der Waals surface area contributed by atoms with Gasteiger partial charge in [0.2, 0.25) is 0 Å². The lowest BCUT2D eigenvalue weighted by Crippen LogP contribution is -2.29. The van der Waals surface area contributed by atoms with Crippen LogP contribution < -0.4 is 0 Å². The molecule has 0 aromatic rings. The Kier molecular flexibility index (Phi) is 37.0. The third kappa shape index (κ3) is 41.5. The maximum atomic E-state index is 12.4. The molecule has 1 atom stereocenters. The molecule has 0 aromatic heterocycles. The van der Waals surface area contributed by atoms with Gasteiger partial charge in [-0.25, -0.2) is 4.57 Å². The fourth-order valence-electron chi connectivity index (χ4n) is 4.86. The van der Waals surface area contributed by atoms with E-state index in [1.54, 1.807) is 0 Å². The summed E-state index contributed by atoms with van der Waals surface area (Å²) in [7, 11) is -4.78. The topological polar surface area (TPSA) is 119 Å². The summed E-state index contributed by atoms with van der Waals surface area (Å²) >= 11 is 0. The fraction of sp³-hybridized carbons (Fsp3) is 0.556. The maximum absolute atomic E-state index is 12.4. The van der Waals surface area contributed by atoms with E-state index in [1.165, 1.54) is 0 Å². The molecule has 0 amide bonds. The first-order chi connectivity index (χ1) is 26.3. The van der Waals surface area contributed by atoms with Crippen LogP contribution >= 0.6 is 7.82 Å². The van der Waals surface area contributed by atoms with Crippen molar-refractivity contribution in [3.8, 4) is 0 Å². The molecule has 0 aliphatic rings. The van der Waals surface area contributed by atoms with E-state index in [9.17, 15) is 14.2 Å². The number of phosphoric acid groups is 1. The van der Waals surface area contributed by atoms with Gasteiger partial charge in [-0.1, -0.05) is 142 Å². The molecule has 0 aliphatic heterocycles. The molecule has 0 saturated heterocycles. The number of unbranched alkanes of at least 4 members (excludes halogenated alkanes) is 7. The number of allylic oxidation sites excluding steroid dienone is 18. The van der Waals surface area contributed by atoms with Gasteiger partial charge in [0.05, 0.1) is 6.61 Å². The van der Waals surface area contributed by atoms with Crippen LogP contribution in [0.5, 0.6) is 0 Å². The predicted molar refractivity (Wildman–Crippen MR) is 225 cm³/mol. The molecule has 0 aromatic carbocycles. The van der Waals surface area contributed by atoms with E-state index in [0.29, 0.717) is 12.8 Å². The van der Waals surface area contributed by atoms with Crippen LogP contribution in [-0.4, -0.2) is 41.0 Å². The third-order valence-electron chi connectivity index (χ3n) is 7.79. The summed E-state index contributed by atoms with van der Waals surface area (Å²) in [5, 5.41) is 0. The first-order valence-electron chi connectivity index (χ1n) is 20.2. The molecular weight excluding hydrogens is 699 g/mol. The normalized spacial score (nSPS) is 13.6. The van der Waals surface area contributed by atoms with E-state index in [1.807, 2.05) is 0 Å².